The van der Waals surface area contributed by atoms with Gasteiger partial charge in [-0.25, -0.2) is 4.39 Å². The first-order valence-corrected chi connectivity index (χ1v) is 8.41. The second-order valence-corrected chi connectivity index (χ2v) is 7.04. The van der Waals surface area contributed by atoms with Gasteiger partial charge in [0.2, 0.25) is 0 Å². The van der Waals surface area contributed by atoms with E-state index in [2.05, 4.69) is 62.2 Å². The molecule has 3 rings (SSSR count). The molecule has 3 aromatic carbocycles. The van der Waals surface area contributed by atoms with Gasteiger partial charge in [0, 0.05) is 14.9 Å². The summed E-state index contributed by atoms with van der Waals surface area (Å²) in [5.41, 5.74) is 1.87. The van der Waals surface area contributed by atoms with Gasteiger partial charge in [0.15, 0.2) is 0 Å². The molecule has 1 unspecified atom stereocenters. The van der Waals surface area contributed by atoms with Crippen LogP contribution in [-0.2, 0) is 6.42 Å². The molecular formula is C18H13Br2F. The van der Waals surface area contributed by atoms with E-state index in [9.17, 15) is 4.39 Å². The minimum Gasteiger partial charge on any atom is -0.207 e. The molecule has 3 heteroatoms. The summed E-state index contributed by atoms with van der Waals surface area (Å²) in [5, 5.41) is 2.44. The van der Waals surface area contributed by atoms with Crippen molar-refractivity contribution < 1.29 is 4.39 Å². The van der Waals surface area contributed by atoms with E-state index < -0.39 is 0 Å². The molecule has 21 heavy (non-hydrogen) atoms. The van der Waals surface area contributed by atoms with Gasteiger partial charge in [0.25, 0.3) is 0 Å². The van der Waals surface area contributed by atoms with E-state index in [1.165, 1.54) is 22.4 Å². The molecule has 0 fully saturated rings. The highest BCUT2D eigenvalue weighted by molar-refractivity contribution is 9.10. The maximum atomic E-state index is 13.9. The summed E-state index contributed by atoms with van der Waals surface area (Å²) in [6.45, 7) is 0. The Balaban J connectivity index is 1.88. The van der Waals surface area contributed by atoms with Gasteiger partial charge < -0.3 is 0 Å². The van der Waals surface area contributed by atoms with E-state index in [1.807, 2.05) is 18.2 Å². The number of hydrogen-bond acceptors (Lipinski definition) is 0. The maximum absolute atomic E-state index is 13.9. The van der Waals surface area contributed by atoms with Crippen LogP contribution in [0.25, 0.3) is 10.8 Å². The topological polar surface area (TPSA) is 0 Å². The van der Waals surface area contributed by atoms with Crippen molar-refractivity contribution in [2.75, 3.05) is 0 Å². The summed E-state index contributed by atoms with van der Waals surface area (Å²) in [7, 11) is 0. The predicted octanol–water partition coefficient (Wildman–Crippen LogP) is 6.42. The number of halogens is 3. The summed E-state index contributed by atoms with van der Waals surface area (Å²) in [6, 6.07) is 19.7. The molecule has 3 aromatic rings. The van der Waals surface area contributed by atoms with Gasteiger partial charge in [-0.15, -0.1) is 0 Å². The standard InChI is InChI=1S/C18H13Br2F/c19-15-7-8-18(21)16(11-15)17(20)10-12-5-6-13-3-1-2-4-14(13)9-12/h1-9,11,17H,10H2. The van der Waals surface area contributed by atoms with Crippen LogP contribution in [0.1, 0.15) is 16.0 Å². The molecule has 0 spiro atoms. The first-order valence-electron chi connectivity index (χ1n) is 6.70. The molecule has 0 nitrogen and oxygen atoms in total. The molecule has 0 amide bonds. The van der Waals surface area contributed by atoms with Crippen LogP contribution in [0.4, 0.5) is 4.39 Å². The Labute approximate surface area is 140 Å². The summed E-state index contributed by atoms with van der Waals surface area (Å²) in [5.74, 6) is -0.180. The van der Waals surface area contributed by atoms with Crippen molar-refractivity contribution in [1.29, 1.82) is 0 Å². The van der Waals surface area contributed by atoms with E-state index in [4.69, 9.17) is 0 Å². The molecular weight excluding hydrogens is 395 g/mol. The average molecular weight is 408 g/mol. The molecule has 0 saturated heterocycles. The third-order valence-electron chi connectivity index (χ3n) is 3.52. The molecule has 1 atom stereocenters. The number of benzene rings is 3. The summed E-state index contributed by atoms with van der Waals surface area (Å²) >= 11 is 7.01. The second-order valence-electron chi connectivity index (χ2n) is 5.02. The SMILES string of the molecule is Fc1ccc(Br)cc1C(Br)Cc1ccc2ccccc2c1. The Morgan fingerprint density at radius 1 is 0.905 bits per heavy atom. The Kier molecular flexibility index (Phi) is 4.41. The normalized spacial score (nSPS) is 12.5. The van der Waals surface area contributed by atoms with E-state index in [0.717, 1.165) is 10.9 Å². The minimum absolute atomic E-state index is 0.0452. The lowest BCUT2D eigenvalue weighted by molar-refractivity contribution is 0.607. The highest BCUT2D eigenvalue weighted by Crippen LogP contribution is 2.31. The Morgan fingerprint density at radius 2 is 1.67 bits per heavy atom. The van der Waals surface area contributed by atoms with Crippen LogP contribution in [0.5, 0.6) is 0 Å². The molecule has 0 saturated carbocycles. The largest absolute Gasteiger partial charge is 0.207 e. The highest BCUT2D eigenvalue weighted by Gasteiger charge is 2.14. The lowest BCUT2D eigenvalue weighted by atomic mass is 10.0. The Bertz CT molecular complexity index is 783. The van der Waals surface area contributed by atoms with E-state index in [-0.39, 0.29) is 10.6 Å². The molecule has 0 N–H and O–H groups in total. The number of hydrogen-bond donors (Lipinski definition) is 0. The quantitative estimate of drug-likeness (QED) is 0.439. The Morgan fingerprint density at radius 3 is 2.48 bits per heavy atom. The second kappa shape index (κ2) is 6.29. The molecule has 0 aliphatic rings. The smallest absolute Gasteiger partial charge is 0.127 e. The zero-order valence-corrected chi connectivity index (χ0v) is 14.4. The molecule has 0 radical (unpaired) electrons. The van der Waals surface area contributed by atoms with Crippen LogP contribution in [-0.4, -0.2) is 0 Å². The van der Waals surface area contributed by atoms with Crippen LogP contribution in [0.3, 0.4) is 0 Å². The minimum atomic E-state index is -0.180. The fraction of sp³-hybridized carbons (Fsp3) is 0.111. The Hall–Kier alpha value is -1.19. The third kappa shape index (κ3) is 3.35. The van der Waals surface area contributed by atoms with Crippen LogP contribution in [0.15, 0.2) is 65.1 Å². The molecule has 0 aliphatic heterocycles. The van der Waals surface area contributed by atoms with E-state index in [1.54, 1.807) is 6.07 Å². The van der Waals surface area contributed by atoms with Crippen LogP contribution in [0, 0.1) is 5.82 Å². The van der Waals surface area contributed by atoms with Crippen molar-refractivity contribution in [1.82, 2.24) is 0 Å². The third-order valence-corrected chi connectivity index (χ3v) is 4.83. The van der Waals surface area contributed by atoms with Gasteiger partial charge in [0.05, 0.1) is 0 Å². The van der Waals surface area contributed by atoms with Crippen molar-refractivity contribution in [3.8, 4) is 0 Å². The van der Waals surface area contributed by atoms with Gasteiger partial charge in [-0.3, -0.25) is 0 Å². The van der Waals surface area contributed by atoms with Gasteiger partial charge in [0.1, 0.15) is 5.82 Å². The lowest BCUT2D eigenvalue weighted by Gasteiger charge is -2.12. The number of fused-ring (bicyclic) bond motifs is 1. The summed E-state index contributed by atoms with van der Waals surface area (Å²) in [4.78, 5) is -0.0452. The van der Waals surface area contributed by atoms with E-state index in [0.29, 0.717) is 5.56 Å². The van der Waals surface area contributed by atoms with Gasteiger partial charge in [-0.05, 0) is 41.0 Å². The zero-order chi connectivity index (χ0) is 14.8. The van der Waals surface area contributed by atoms with Gasteiger partial charge >= 0.3 is 0 Å². The number of alkyl halides is 1. The first kappa shape index (κ1) is 14.7. The monoisotopic (exact) mass is 406 g/mol. The van der Waals surface area contributed by atoms with Crippen molar-refractivity contribution in [2.24, 2.45) is 0 Å². The van der Waals surface area contributed by atoms with Crippen LogP contribution >= 0.6 is 31.9 Å². The number of rotatable bonds is 3. The maximum Gasteiger partial charge on any atom is 0.127 e. The van der Waals surface area contributed by atoms with Crippen LogP contribution < -0.4 is 0 Å². The van der Waals surface area contributed by atoms with Crippen LogP contribution in [0.2, 0.25) is 0 Å². The van der Waals surface area contributed by atoms with Crippen molar-refractivity contribution in [3.05, 3.63) is 82.1 Å². The van der Waals surface area contributed by atoms with Crippen molar-refractivity contribution in [3.63, 3.8) is 0 Å². The molecule has 0 bridgehead atoms. The fourth-order valence-electron chi connectivity index (χ4n) is 2.44. The highest BCUT2D eigenvalue weighted by atomic mass is 79.9. The molecule has 0 aromatic heterocycles. The summed E-state index contributed by atoms with van der Waals surface area (Å²) in [6.07, 6.45) is 0.748. The predicted molar refractivity (Wildman–Crippen MR) is 93.4 cm³/mol. The fourth-order valence-corrected chi connectivity index (χ4v) is 3.54. The summed E-state index contributed by atoms with van der Waals surface area (Å²) < 4.78 is 14.8. The average Bonchev–Trinajstić information content (AvgIpc) is 2.49. The van der Waals surface area contributed by atoms with Gasteiger partial charge in [-0.2, -0.15) is 0 Å². The lowest BCUT2D eigenvalue weighted by Crippen LogP contribution is -1.99. The molecule has 106 valence electrons. The first-order chi connectivity index (χ1) is 10.1. The molecule has 0 heterocycles. The van der Waals surface area contributed by atoms with Crippen molar-refractivity contribution in [2.45, 2.75) is 11.2 Å². The molecule has 0 aliphatic carbocycles. The van der Waals surface area contributed by atoms with Gasteiger partial charge in [-0.1, -0.05) is 74.3 Å². The van der Waals surface area contributed by atoms with E-state index >= 15 is 0 Å². The van der Waals surface area contributed by atoms with Crippen molar-refractivity contribution >= 4 is 42.6 Å². The zero-order valence-electron chi connectivity index (χ0n) is 11.2.